The molecule has 0 radical (unpaired) electrons. The molecular weight excluding hydrogens is 248 g/mol. The van der Waals surface area contributed by atoms with Crippen LogP contribution in [0.2, 0.25) is 0 Å². The summed E-state index contributed by atoms with van der Waals surface area (Å²) in [5.41, 5.74) is 5.96. The Morgan fingerprint density at radius 1 is 1.47 bits per heavy atom. The van der Waals surface area contributed by atoms with Gasteiger partial charge in [0.05, 0.1) is 6.04 Å². The molecule has 2 nitrogen and oxygen atoms in total. The van der Waals surface area contributed by atoms with Gasteiger partial charge in [-0.1, -0.05) is 6.92 Å². The number of nitrogens with zero attached hydrogens (tertiary/aromatic N) is 1. The first-order valence-electron chi connectivity index (χ1n) is 6.11. The van der Waals surface area contributed by atoms with Crippen molar-refractivity contribution in [2.75, 3.05) is 25.6 Å². The molecule has 98 valence electrons. The molecule has 4 heteroatoms. The van der Waals surface area contributed by atoms with Crippen LogP contribution < -0.4 is 5.73 Å². The Kier molecular flexibility index (Phi) is 6.55. The number of nitrogens with two attached hydrogens (primary N) is 1. The average molecular weight is 272 g/mol. The van der Waals surface area contributed by atoms with Gasteiger partial charge in [0.1, 0.15) is 0 Å². The van der Waals surface area contributed by atoms with Crippen molar-refractivity contribution in [1.82, 2.24) is 4.90 Å². The molecule has 0 aliphatic carbocycles. The van der Waals surface area contributed by atoms with E-state index in [-0.39, 0.29) is 0 Å². The van der Waals surface area contributed by atoms with E-state index in [4.69, 9.17) is 5.73 Å². The Balaban J connectivity index is 2.78. The summed E-state index contributed by atoms with van der Waals surface area (Å²) in [6.45, 7) is 5.10. The van der Waals surface area contributed by atoms with Crippen molar-refractivity contribution in [2.24, 2.45) is 5.73 Å². The molecule has 0 amide bonds. The number of thiophene rings is 1. The van der Waals surface area contributed by atoms with Crippen LogP contribution in [-0.2, 0) is 0 Å². The van der Waals surface area contributed by atoms with Gasteiger partial charge in [-0.2, -0.15) is 11.8 Å². The molecule has 1 aromatic rings. The van der Waals surface area contributed by atoms with E-state index in [9.17, 15) is 0 Å². The number of hydrogen-bond donors (Lipinski definition) is 1. The minimum atomic E-state index is 0.366. The summed E-state index contributed by atoms with van der Waals surface area (Å²) in [7, 11) is 2.21. The largest absolute Gasteiger partial charge is 0.329 e. The molecule has 1 rings (SSSR count). The molecule has 17 heavy (non-hydrogen) atoms. The molecule has 0 aliphatic rings. The summed E-state index contributed by atoms with van der Waals surface area (Å²) < 4.78 is 0. The van der Waals surface area contributed by atoms with Crippen LogP contribution in [0.4, 0.5) is 0 Å². The maximum absolute atomic E-state index is 5.96. The fourth-order valence-corrected chi connectivity index (χ4v) is 3.98. The molecule has 0 aromatic carbocycles. The van der Waals surface area contributed by atoms with Gasteiger partial charge in [0.2, 0.25) is 0 Å². The van der Waals surface area contributed by atoms with E-state index in [1.54, 1.807) is 0 Å². The van der Waals surface area contributed by atoms with Crippen LogP contribution in [0.15, 0.2) is 12.1 Å². The third kappa shape index (κ3) is 3.98. The van der Waals surface area contributed by atoms with Gasteiger partial charge in [-0.25, -0.2) is 0 Å². The van der Waals surface area contributed by atoms with Crippen molar-refractivity contribution < 1.29 is 0 Å². The first-order chi connectivity index (χ1) is 8.13. The van der Waals surface area contributed by atoms with E-state index in [1.807, 2.05) is 23.1 Å². The van der Waals surface area contributed by atoms with E-state index < -0.39 is 0 Å². The van der Waals surface area contributed by atoms with Crippen LogP contribution in [0.5, 0.6) is 0 Å². The number of thioether (sulfide) groups is 1. The Hall–Kier alpha value is -0.0300. The van der Waals surface area contributed by atoms with Crippen LogP contribution in [-0.4, -0.2) is 36.5 Å². The third-order valence-corrected chi connectivity index (χ3v) is 5.03. The van der Waals surface area contributed by atoms with Gasteiger partial charge in [0, 0.05) is 28.1 Å². The molecule has 1 aromatic heterocycles. The quantitative estimate of drug-likeness (QED) is 0.827. The number of rotatable bonds is 7. The van der Waals surface area contributed by atoms with Crippen LogP contribution in [0.3, 0.4) is 0 Å². The third-order valence-electron chi connectivity index (χ3n) is 3.21. The lowest BCUT2D eigenvalue weighted by Crippen LogP contribution is -2.39. The van der Waals surface area contributed by atoms with Crippen LogP contribution >= 0.6 is 23.1 Å². The summed E-state index contributed by atoms with van der Waals surface area (Å²) in [5.74, 6) is 1.17. The fraction of sp³-hybridized carbons (Fsp3) is 0.692. The molecule has 0 saturated heterocycles. The van der Waals surface area contributed by atoms with Crippen molar-refractivity contribution >= 4 is 23.1 Å². The fourth-order valence-electron chi connectivity index (χ4n) is 2.09. The first kappa shape index (κ1) is 15.0. The van der Waals surface area contributed by atoms with Gasteiger partial charge in [-0.3, -0.25) is 4.90 Å². The molecule has 0 spiro atoms. The first-order valence-corrected chi connectivity index (χ1v) is 8.32. The molecule has 0 aliphatic heterocycles. The maximum atomic E-state index is 5.96. The van der Waals surface area contributed by atoms with E-state index in [0.717, 1.165) is 0 Å². The lowest BCUT2D eigenvalue weighted by Gasteiger charge is -2.33. The van der Waals surface area contributed by atoms with Crippen molar-refractivity contribution in [1.29, 1.82) is 0 Å². The van der Waals surface area contributed by atoms with Crippen molar-refractivity contribution in [3.63, 3.8) is 0 Å². The van der Waals surface area contributed by atoms with Gasteiger partial charge < -0.3 is 5.73 Å². The molecule has 2 N–H and O–H groups in total. The molecule has 1 heterocycles. The zero-order chi connectivity index (χ0) is 12.8. The van der Waals surface area contributed by atoms with Crippen LogP contribution in [0, 0.1) is 6.92 Å². The zero-order valence-electron chi connectivity index (χ0n) is 11.3. The summed E-state index contributed by atoms with van der Waals surface area (Å²) >= 11 is 3.78. The van der Waals surface area contributed by atoms with E-state index in [1.165, 1.54) is 21.9 Å². The number of hydrogen-bond acceptors (Lipinski definition) is 4. The standard InChI is InChI=1S/C13H24N2S2/c1-5-11(9-16-4)15(3)12(8-14)13-7-6-10(2)17-13/h6-7,11-12H,5,8-9,14H2,1-4H3. The predicted octanol–water partition coefficient (Wildman–Crippen LogP) is 3.13. The summed E-state index contributed by atoms with van der Waals surface area (Å²) in [5, 5.41) is 0. The highest BCUT2D eigenvalue weighted by atomic mass is 32.2. The second-order valence-corrected chi connectivity index (χ2v) is 6.61. The minimum absolute atomic E-state index is 0.366. The topological polar surface area (TPSA) is 29.3 Å². The summed E-state index contributed by atoms with van der Waals surface area (Å²) in [6.07, 6.45) is 3.35. The molecular formula is C13H24N2S2. The minimum Gasteiger partial charge on any atom is -0.329 e. The monoisotopic (exact) mass is 272 g/mol. The normalized spacial score (nSPS) is 15.2. The van der Waals surface area contributed by atoms with Crippen LogP contribution in [0.25, 0.3) is 0 Å². The Bertz CT molecular complexity index is 325. The van der Waals surface area contributed by atoms with E-state index >= 15 is 0 Å². The maximum Gasteiger partial charge on any atom is 0.0564 e. The zero-order valence-corrected chi connectivity index (χ0v) is 12.9. The van der Waals surface area contributed by atoms with Crippen LogP contribution in [0.1, 0.15) is 29.1 Å². The molecule has 0 saturated carbocycles. The highest BCUT2D eigenvalue weighted by Gasteiger charge is 2.22. The van der Waals surface area contributed by atoms with Crippen molar-refractivity contribution in [3.05, 3.63) is 21.9 Å². The van der Waals surface area contributed by atoms with E-state index in [2.05, 4.69) is 44.2 Å². The highest BCUT2D eigenvalue weighted by molar-refractivity contribution is 7.98. The Morgan fingerprint density at radius 3 is 2.59 bits per heavy atom. The second kappa shape index (κ2) is 7.41. The van der Waals surface area contributed by atoms with Gasteiger partial charge in [-0.15, -0.1) is 11.3 Å². The Morgan fingerprint density at radius 2 is 2.18 bits per heavy atom. The lowest BCUT2D eigenvalue weighted by atomic mass is 10.1. The summed E-state index contributed by atoms with van der Waals surface area (Å²) in [4.78, 5) is 5.21. The van der Waals surface area contributed by atoms with Gasteiger partial charge in [0.15, 0.2) is 0 Å². The molecule has 2 atom stereocenters. The smallest absolute Gasteiger partial charge is 0.0564 e. The number of aryl methyl sites for hydroxylation is 1. The Labute approximate surface area is 114 Å². The molecule has 0 bridgehead atoms. The lowest BCUT2D eigenvalue weighted by molar-refractivity contribution is 0.190. The van der Waals surface area contributed by atoms with Gasteiger partial charge in [-0.05, 0) is 38.8 Å². The molecule has 2 unspecified atom stereocenters. The summed E-state index contributed by atoms with van der Waals surface area (Å²) in [6, 6.07) is 5.39. The van der Waals surface area contributed by atoms with E-state index in [0.29, 0.717) is 18.6 Å². The average Bonchev–Trinajstić information content (AvgIpc) is 2.73. The van der Waals surface area contributed by atoms with Crippen molar-refractivity contribution in [2.45, 2.75) is 32.4 Å². The second-order valence-electron chi connectivity index (χ2n) is 4.38. The van der Waals surface area contributed by atoms with Gasteiger partial charge in [0.25, 0.3) is 0 Å². The van der Waals surface area contributed by atoms with Crippen molar-refractivity contribution in [3.8, 4) is 0 Å². The molecule has 0 fully saturated rings. The SMILES string of the molecule is CCC(CSC)N(C)C(CN)c1ccc(C)s1. The van der Waals surface area contributed by atoms with Gasteiger partial charge >= 0.3 is 0 Å². The predicted molar refractivity (Wildman–Crippen MR) is 81.1 cm³/mol. The highest BCUT2D eigenvalue weighted by Crippen LogP contribution is 2.28. The number of likely N-dealkylation sites (N-methyl/N-ethyl adjacent to an activating group) is 1.